The number of hydrogen-bond donors (Lipinski definition) is 1. The molecule has 1 saturated carbocycles. The van der Waals surface area contributed by atoms with Crippen LogP contribution in [0.3, 0.4) is 0 Å². The van der Waals surface area contributed by atoms with Crippen molar-refractivity contribution in [1.82, 2.24) is 14.7 Å². The molecule has 2 aliphatic rings. The van der Waals surface area contributed by atoms with E-state index in [9.17, 15) is 4.79 Å². The molecule has 0 aromatic heterocycles. The summed E-state index contributed by atoms with van der Waals surface area (Å²) in [5.74, 6) is 0.589. The molecule has 24 heavy (non-hydrogen) atoms. The molecule has 138 valence electrons. The maximum Gasteiger partial charge on any atom is 0.410 e. The van der Waals surface area contributed by atoms with E-state index in [0.717, 1.165) is 25.7 Å². The zero-order valence-corrected chi connectivity index (χ0v) is 15.6. The summed E-state index contributed by atoms with van der Waals surface area (Å²) in [6, 6.07) is 0.767. The summed E-state index contributed by atoms with van der Waals surface area (Å²) in [5.41, 5.74) is 5.66. The topological polar surface area (TPSA) is 74.4 Å². The van der Waals surface area contributed by atoms with Crippen LogP contribution >= 0.6 is 0 Å². The van der Waals surface area contributed by atoms with Gasteiger partial charge >= 0.3 is 6.09 Å². The van der Waals surface area contributed by atoms with Gasteiger partial charge in [-0.3, -0.25) is 9.89 Å². The van der Waals surface area contributed by atoms with Crippen LogP contribution in [0.4, 0.5) is 4.79 Å². The Morgan fingerprint density at radius 1 is 1.21 bits per heavy atom. The molecule has 0 radical (unpaired) electrons. The lowest BCUT2D eigenvalue weighted by Gasteiger charge is -2.36. The summed E-state index contributed by atoms with van der Waals surface area (Å²) in [4.78, 5) is 22.8. The molecule has 0 aromatic rings. The van der Waals surface area contributed by atoms with Crippen LogP contribution in [0.5, 0.6) is 0 Å². The summed E-state index contributed by atoms with van der Waals surface area (Å²) in [6.45, 7) is 13.3. The molecule has 1 amide bonds. The lowest BCUT2D eigenvalue weighted by atomic mass is 10.2. The van der Waals surface area contributed by atoms with Gasteiger partial charge in [0.25, 0.3) is 0 Å². The Kier molecular flexibility index (Phi) is 6.32. The van der Waals surface area contributed by atoms with Crippen LogP contribution in [0.1, 0.15) is 40.5 Å². The number of piperazine rings is 1. The molecule has 1 aliphatic carbocycles. The molecule has 2 fully saturated rings. The maximum atomic E-state index is 12.1. The predicted octanol–water partition coefficient (Wildman–Crippen LogP) is 1.34. The number of aliphatic imine (C=N–C) groups is 1. The van der Waals surface area contributed by atoms with E-state index in [4.69, 9.17) is 10.5 Å². The number of carbonyl (C=O) groups excluding carboxylic acids is 1. The number of likely N-dealkylation sites (N-methyl/N-ethyl adjacent to an activating group) is 1. The highest BCUT2D eigenvalue weighted by atomic mass is 16.6. The molecule has 2 rings (SSSR count). The van der Waals surface area contributed by atoms with Gasteiger partial charge < -0.3 is 20.3 Å². The van der Waals surface area contributed by atoms with Crippen molar-refractivity contribution in [3.63, 3.8) is 0 Å². The summed E-state index contributed by atoms with van der Waals surface area (Å²) in [5, 5.41) is 0. The van der Waals surface area contributed by atoms with Gasteiger partial charge in [-0.05, 0) is 40.2 Å². The minimum absolute atomic E-state index is 0.249. The molecule has 2 N–H and O–H groups in total. The van der Waals surface area contributed by atoms with Gasteiger partial charge in [0.15, 0.2) is 5.96 Å². The number of rotatable bonds is 5. The van der Waals surface area contributed by atoms with E-state index in [2.05, 4.69) is 16.8 Å². The number of nitrogens with two attached hydrogens (primary N) is 1. The highest BCUT2D eigenvalue weighted by Gasteiger charge is 2.28. The van der Waals surface area contributed by atoms with E-state index in [0.29, 0.717) is 32.1 Å². The fourth-order valence-corrected chi connectivity index (χ4v) is 2.88. The van der Waals surface area contributed by atoms with Crippen LogP contribution in [0.2, 0.25) is 0 Å². The predicted molar refractivity (Wildman–Crippen MR) is 96.1 cm³/mol. The first-order chi connectivity index (χ1) is 11.3. The van der Waals surface area contributed by atoms with Crippen molar-refractivity contribution in [2.24, 2.45) is 10.7 Å². The largest absolute Gasteiger partial charge is 0.444 e. The van der Waals surface area contributed by atoms with E-state index < -0.39 is 5.60 Å². The third-order valence-electron chi connectivity index (χ3n) is 4.39. The minimum atomic E-state index is -0.457. The van der Waals surface area contributed by atoms with E-state index in [-0.39, 0.29) is 6.09 Å². The zero-order chi connectivity index (χ0) is 17.7. The number of carbonyl (C=O) groups is 1. The fourth-order valence-electron chi connectivity index (χ4n) is 2.88. The summed E-state index contributed by atoms with van der Waals surface area (Å²) in [6.07, 6.45) is 2.39. The fraction of sp³-hybridized carbons (Fsp3) is 0.882. The Labute approximate surface area is 145 Å². The molecule has 0 atom stereocenters. The second-order valence-corrected chi connectivity index (χ2v) is 7.55. The van der Waals surface area contributed by atoms with Crippen molar-refractivity contribution in [1.29, 1.82) is 0 Å². The molecular formula is C17H33N5O2. The van der Waals surface area contributed by atoms with Crippen molar-refractivity contribution >= 4 is 12.1 Å². The van der Waals surface area contributed by atoms with Gasteiger partial charge in [0.2, 0.25) is 0 Å². The highest BCUT2D eigenvalue weighted by Crippen LogP contribution is 2.25. The quantitative estimate of drug-likeness (QED) is 0.604. The van der Waals surface area contributed by atoms with Crippen molar-refractivity contribution in [3.8, 4) is 0 Å². The number of hydrogen-bond acceptors (Lipinski definition) is 4. The second-order valence-electron chi connectivity index (χ2n) is 7.55. The van der Waals surface area contributed by atoms with Crippen LogP contribution in [-0.2, 0) is 4.74 Å². The number of ether oxygens (including phenoxy) is 1. The molecule has 7 heteroatoms. The van der Waals surface area contributed by atoms with Crippen molar-refractivity contribution in [3.05, 3.63) is 0 Å². The Morgan fingerprint density at radius 3 is 2.29 bits per heavy atom. The summed E-state index contributed by atoms with van der Waals surface area (Å²) < 4.78 is 5.41. The van der Waals surface area contributed by atoms with Crippen LogP contribution in [0.25, 0.3) is 0 Å². The Balaban J connectivity index is 1.72. The molecule has 1 aliphatic heterocycles. The Hall–Kier alpha value is -1.50. The monoisotopic (exact) mass is 339 g/mol. The van der Waals surface area contributed by atoms with Gasteiger partial charge in [-0.15, -0.1) is 0 Å². The van der Waals surface area contributed by atoms with Crippen molar-refractivity contribution in [2.75, 3.05) is 45.8 Å². The molecule has 0 unspecified atom stereocenters. The molecule has 7 nitrogen and oxygen atoms in total. The average molecular weight is 339 g/mol. The number of guanidine groups is 1. The first kappa shape index (κ1) is 18.8. The van der Waals surface area contributed by atoms with Gasteiger partial charge in [0.1, 0.15) is 5.60 Å². The first-order valence-corrected chi connectivity index (χ1v) is 9.07. The summed E-state index contributed by atoms with van der Waals surface area (Å²) >= 11 is 0. The van der Waals surface area contributed by atoms with E-state index in [1.807, 2.05) is 25.7 Å². The van der Waals surface area contributed by atoms with E-state index >= 15 is 0 Å². The maximum absolute atomic E-state index is 12.1. The second kappa shape index (κ2) is 8.05. The number of nitrogens with zero attached hydrogens (tertiary/aromatic N) is 4. The van der Waals surface area contributed by atoms with Crippen molar-refractivity contribution in [2.45, 2.75) is 52.2 Å². The summed E-state index contributed by atoms with van der Waals surface area (Å²) in [7, 11) is 0. The molecule has 0 spiro atoms. The lowest BCUT2D eigenvalue weighted by Crippen LogP contribution is -2.53. The van der Waals surface area contributed by atoms with Crippen LogP contribution < -0.4 is 5.73 Å². The smallest absolute Gasteiger partial charge is 0.410 e. The molecular weight excluding hydrogens is 306 g/mol. The third-order valence-corrected chi connectivity index (χ3v) is 4.39. The van der Waals surface area contributed by atoms with E-state index in [1.165, 1.54) is 12.8 Å². The van der Waals surface area contributed by atoms with Crippen LogP contribution in [-0.4, -0.2) is 84.2 Å². The van der Waals surface area contributed by atoms with Gasteiger partial charge in [-0.25, -0.2) is 4.79 Å². The highest BCUT2D eigenvalue weighted by molar-refractivity contribution is 5.78. The third kappa shape index (κ3) is 5.85. The van der Waals surface area contributed by atoms with Crippen LogP contribution in [0, 0.1) is 0 Å². The minimum Gasteiger partial charge on any atom is -0.444 e. The lowest BCUT2D eigenvalue weighted by molar-refractivity contribution is 0.0186. The zero-order valence-electron chi connectivity index (χ0n) is 15.6. The average Bonchev–Trinajstić information content (AvgIpc) is 3.34. The molecule has 1 heterocycles. The number of amides is 1. The SMILES string of the molecule is CCN(CCN=C(N)N1CCN(C(=O)OC(C)(C)C)CC1)C1CC1. The molecule has 0 aromatic carbocycles. The van der Waals surface area contributed by atoms with Gasteiger partial charge in [0.05, 0.1) is 6.54 Å². The van der Waals surface area contributed by atoms with Gasteiger partial charge in [-0.2, -0.15) is 0 Å². The van der Waals surface area contributed by atoms with Crippen molar-refractivity contribution < 1.29 is 9.53 Å². The van der Waals surface area contributed by atoms with Crippen LogP contribution in [0.15, 0.2) is 4.99 Å². The molecule has 0 bridgehead atoms. The van der Waals surface area contributed by atoms with Gasteiger partial charge in [-0.1, -0.05) is 6.92 Å². The first-order valence-electron chi connectivity index (χ1n) is 9.07. The Bertz CT molecular complexity index is 448. The molecule has 1 saturated heterocycles. The normalized spacial score (nSPS) is 19.8. The standard InChI is InChI=1S/C17H33N5O2/c1-5-20(14-6-7-14)9-8-19-15(18)21-10-12-22(13-11-21)16(23)24-17(2,3)4/h14H,5-13H2,1-4H3,(H2,18,19). The van der Waals surface area contributed by atoms with Gasteiger partial charge in [0, 0.05) is 38.8 Å². The van der Waals surface area contributed by atoms with E-state index in [1.54, 1.807) is 4.90 Å². The Morgan fingerprint density at radius 2 is 1.79 bits per heavy atom.